The normalized spacial score (nSPS) is 20.3. The lowest BCUT2D eigenvalue weighted by atomic mass is 9.88. The molecule has 8 heteroatoms. The van der Waals surface area contributed by atoms with E-state index >= 15 is 0 Å². The number of likely N-dealkylation sites (tertiary alicyclic amines) is 1. The zero-order valence-corrected chi connectivity index (χ0v) is 19.0. The summed E-state index contributed by atoms with van der Waals surface area (Å²) in [7, 11) is 0. The quantitative estimate of drug-likeness (QED) is 0.370. The smallest absolute Gasteiger partial charge is 0.414 e. The fourth-order valence-electron chi connectivity index (χ4n) is 3.85. The Kier molecular flexibility index (Phi) is 9.57. The SMILES string of the molecule is CCC(=O)c1ccccc1NC1CCN(CCc2ccccc2)CC1(C)O.O=C(O)C(=O)O. The third kappa shape index (κ3) is 8.00. The Morgan fingerprint density at radius 3 is 2.21 bits per heavy atom. The average molecular weight is 457 g/mol. The van der Waals surface area contributed by atoms with Crippen molar-refractivity contribution in [2.75, 3.05) is 25.0 Å². The zero-order chi connectivity index (χ0) is 24.4. The van der Waals surface area contributed by atoms with Gasteiger partial charge in [-0.15, -0.1) is 0 Å². The molecule has 0 bridgehead atoms. The number of carbonyl (C=O) groups is 3. The molecule has 3 rings (SSSR count). The van der Waals surface area contributed by atoms with Gasteiger partial charge in [-0.3, -0.25) is 9.69 Å². The molecule has 4 N–H and O–H groups in total. The highest BCUT2D eigenvalue weighted by Gasteiger charge is 2.38. The van der Waals surface area contributed by atoms with Gasteiger partial charge in [0.25, 0.3) is 0 Å². The van der Waals surface area contributed by atoms with Crippen LogP contribution in [0.3, 0.4) is 0 Å². The first-order valence-electron chi connectivity index (χ1n) is 11.0. The molecule has 0 spiro atoms. The van der Waals surface area contributed by atoms with Gasteiger partial charge < -0.3 is 20.6 Å². The lowest BCUT2D eigenvalue weighted by Gasteiger charge is -2.43. The van der Waals surface area contributed by atoms with Crippen LogP contribution in [0.25, 0.3) is 0 Å². The van der Waals surface area contributed by atoms with Gasteiger partial charge in [-0.05, 0) is 37.5 Å². The molecule has 1 aliphatic heterocycles. The van der Waals surface area contributed by atoms with E-state index in [1.54, 1.807) is 0 Å². The number of piperidine rings is 1. The first-order chi connectivity index (χ1) is 15.6. The van der Waals surface area contributed by atoms with E-state index in [-0.39, 0.29) is 11.8 Å². The van der Waals surface area contributed by atoms with E-state index < -0.39 is 17.5 Å². The molecule has 33 heavy (non-hydrogen) atoms. The van der Waals surface area contributed by atoms with Gasteiger partial charge in [0.2, 0.25) is 0 Å². The Morgan fingerprint density at radius 2 is 1.64 bits per heavy atom. The molecule has 1 aliphatic rings. The van der Waals surface area contributed by atoms with E-state index in [4.69, 9.17) is 19.8 Å². The maximum absolute atomic E-state index is 12.2. The molecule has 2 aromatic rings. The number of hydrogen-bond donors (Lipinski definition) is 4. The summed E-state index contributed by atoms with van der Waals surface area (Å²) in [5, 5.41) is 29.3. The Labute approximate surface area is 193 Å². The van der Waals surface area contributed by atoms with Crippen molar-refractivity contribution >= 4 is 23.4 Å². The van der Waals surface area contributed by atoms with Crippen molar-refractivity contribution in [3.05, 3.63) is 65.7 Å². The van der Waals surface area contributed by atoms with Crippen LogP contribution in [-0.4, -0.2) is 69.2 Å². The van der Waals surface area contributed by atoms with Crippen LogP contribution >= 0.6 is 0 Å². The second-order valence-corrected chi connectivity index (χ2v) is 8.29. The number of benzene rings is 2. The third-order valence-electron chi connectivity index (χ3n) is 5.65. The van der Waals surface area contributed by atoms with Crippen molar-refractivity contribution < 1.29 is 29.7 Å². The van der Waals surface area contributed by atoms with Gasteiger partial charge in [-0.1, -0.05) is 49.4 Å². The highest BCUT2D eigenvalue weighted by Crippen LogP contribution is 2.27. The number of carboxylic acids is 2. The van der Waals surface area contributed by atoms with Crippen LogP contribution < -0.4 is 5.32 Å². The Balaban J connectivity index is 0.000000569. The van der Waals surface area contributed by atoms with Crippen molar-refractivity contribution in [2.24, 2.45) is 0 Å². The molecule has 0 saturated carbocycles. The Morgan fingerprint density at radius 1 is 1.03 bits per heavy atom. The summed E-state index contributed by atoms with van der Waals surface area (Å²) < 4.78 is 0. The molecule has 2 unspecified atom stereocenters. The number of β-amino-alcohol motifs (C(OH)–C–C–N with tert-alkyl or cyclic N) is 1. The van der Waals surface area contributed by atoms with Gasteiger partial charge in [-0.25, -0.2) is 9.59 Å². The lowest BCUT2D eigenvalue weighted by Crippen LogP contribution is -2.58. The summed E-state index contributed by atoms with van der Waals surface area (Å²) >= 11 is 0. The summed E-state index contributed by atoms with van der Waals surface area (Å²) in [5.41, 5.74) is 2.01. The maximum atomic E-state index is 12.2. The maximum Gasteiger partial charge on any atom is 0.414 e. The number of aliphatic hydroxyl groups is 1. The van der Waals surface area contributed by atoms with E-state index in [1.807, 2.05) is 44.2 Å². The molecule has 2 aromatic carbocycles. The van der Waals surface area contributed by atoms with Crippen molar-refractivity contribution in [3.63, 3.8) is 0 Å². The van der Waals surface area contributed by atoms with Gasteiger partial charge in [0.05, 0.1) is 11.6 Å². The molecule has 1 fully saturated rings. The van der Waals surface area contributed by atoms with Gasteiger partial charge in [-0.2, -0.15) is 0 Å². The third-order valence-corrected chi connectivity index (χ3v) is 5.65. The number of ketones is 1. The van der Waals surface area contributed by atoms with Crippen LogP contribution in [0.4, 0.5) is 5.69 Å². The number of anilines is 1. The number of nitrogens with one attached hydrogen (secondary N) is 1. The first-order valence-corrected chi connectivity index (χ1v) is 11.0. The monoisotopic (exact) mass is 456 g/mol. The highest BCUT2D eigenvalue weighted by atomic mass is 16.4. The standard InChI is InChI=1S/C23H30N2O2.C2H2O4/c1-3-21(26)19-11-7-8-12-20(19)24-22-14-16-25(17-23(22,2)27)15-13-18-9-5-4-6-10-18;3-1(4)2(5)6/h4-12,22,24,27H,3,13-17H2,1-2H3;(H,3,4)(H,5,6). The number of hydrogen-bond acceptors (Lipinski definition) is 6. The van der Waals surface area contributed by atoms with Gasteiger partial charge in [0, 0.05) is 37.3 Å². The summed E-state index contributed by atoms with van der Waals surface area (Å²) in [6.45, 7) is 6.27. The van der Waals surface area contributed by atoms with Crippen molar-refractivity contribution in [3.8, 4) is 0 Å². The van der Waals surface area contributed by atoms with Crippen LogP contribution in [0.5, 0.6) is 0 Å². The number of Topliss-reactive ketones (excluding diaryl/α,β-unsaturated/α-hetero) is 1. The molecule has 8 nitrogen and oxygen atoms in total. The molecule has 2 atom stereocenters. The van der Waals surface area contributed by atoms with Crippen molar-refractivity contribution in [1.29, 1.82) is 0 Å². The van der Waals surface area contributed by atoms with E-state index in [2.05, 4.69) is 34.5 Å². The van der Waals surface area contributed by atoms with E-state index in [9.17, 15) is 9.90 Å². The highest BCUT2D eigenvalue weighted by molar-refractivity contribution is 6.27. The second-order valence-electron chi connectivity index (χ2n) is 8.29. The zero-order valence-electron chi connectivity index (χ0n) is 19.0. The fraction of sp³-hybridized carbons (Fsp3) is 0.400. The molecule has 1 heterocycles. The van der Waals surface area contributed by atoms with E-state index in [0.717, 1.165) is 31.6 Å². The Bertz CT molecular complexity index is 933. The summed E-state index contributed by atoms with van der Waals surface area (Å²) in [6.07, 6.45) is 2.31. The fourth-order valence-corrected chi connectivity index (χ4v) is 3.85. The van der Waals surface area contributed by atoms with Crippen LogP contribution in [-0.2, 0) is 16.0 Å². The number of para-hydroxylation sites is 1. The molecule has 0 aromatic heterocycles. The van der Waals surface area contributed by atoms with Crippen LogP contribution in [0.15, 0.2) is 54.6 Å². The minimum Gasteiger partial charge on any atom is -0.473 e. The summed E-state index contributed by atoms with van der Waals surface area (Å²) in [6, 6.07) is 18.0. The second kappa shape index (κ2) is 12.1. The van der Waals surface area contributed by atoms with Crippen molar-refractivity contribution in [1.82, 2.24) is 4.90 Å². The Hall–Kier alpha value is -3.23. The number of rotatable bonds is 7. The topological polar surface area (TPSA) is 127 Å². The molecule has 0 amide bonds. The number of aliphatic carboxylic acids is 2. The first kappa shape index (κ1) is 26.0. The van der Waals surface area contributed by atoms with Gasteiger partial charge >= 0.3 is 11.9 Å². The molecule has 178 valence electrons. The number of carboxylic acid groups (broad SMARTS) is 2. The van der Waals surface area contributed by atoms with Crippen molar-refractivity contribution in [2.45, 2.75) is 44.8 Å². The average Bonchev–Trinajstić information content (AvgIpc) is 2.80. The molecular weight excluding hydrogens is 424 g/mol. The summed E-state index contributed by atoms with van der Waals surface area (Å²) in [4.78, 5) is 32.7. The minimum atomic E-state index is -1.82. The van der Waals surface area contributed by atoms with Crippen LogP contribution in [0, 0.1) is 0 Å². The predicted octanol–water partition coefficient (Wildman–Crippen LogP) is 2.91. The van der Waals surface area contributed by atoms with Crippen LogP contribution in [0.2, 0.25) is 0 Å². The summed E-state index contributed by atoms with van der Waals surface area (Å²) in [5.74, 6) is -3.52. The molecule has 1 saturated heterocycles. The van der Waals surface area contributed by atoms with Crippen LogP contribution in [0.1, 0.15) is 42.6 Å². The van der Waals surface area contributed by atoms with Gasteiger partial charge in [0.1, 0.15) is 0 Å². The predicted molar refractivity (Wildman–Crippen MR) is 126 cm³/mol. The largest absolute Gasteiger partial charge is 0.473 e. The van der Waals surface area contributed by atoms with E-state index in [1.165, 1.54) is 5.56 Å². The van der Waals surface area contributed by atoms with E-state index in [0.29, 0.717) is 18.5 Å². The minimum absolute atomic E-state index is 0.0729. The lowest BCUT2D eigenvalue weighted by molar-refractivity contribution is -0.159. The molecular formula is C25H32N2O6. The molecule has 0 radical (unpaired) electrons. The number of carbonyl (C=O) groups excluding carboxylic acids is 1. The molecule has 0 aliphatic carbocycles. The number of nitrogens with zero attached hydrogens (tertiary/aromatic N) is 1. The van der Waals surface area contributed by atoms with Gasteiger partial charge in [0.15, 0.2) is 5.78 Å².